The molecule has 96 valence electrons. The zero-order chi connectivity index (χ0) is 13.1. The average Bonchev–Trinajstić information content (AvgIpc) is 2.39. The van der Waals surface area contributed by atoms with Gasteiger partial charge in [-0.1, -0.05) is 0 Å². The standard InChI is InChI=1S/C12H13NO5/c14-10-4-3-9(7-18-10)11(15)13-5-1-2-8(6-13)12(16)17/h3-4,7-8H,1-2,5-6H2,(H,16,17)/t8-/m0/s1. The highest BCUT2D eigenvalue weighted by Gasteiger charge is 2.28. The van der Waals surface area contributed by atoms with Crippen molar-refractivity contribution in [2.75, 3.05) is 13.1 Å². The van der Waals surface area contributed by atoms with Crippen molar-refractivity contribution in [1.29, 1.82) is 0 Å². The largest absolute Gasteiger partial charge is 0.481 e. The van der Waals surface area contributed by atoms with Crippen LogP contribution in [0, 0.1) is 5.92 Å². The monoisotopic (exact) mass is 251 g/mol. The summed E-state index contributed by atoms with van der Waals surface area (Å²) in [5.41, 5.74) is -0.255. The Hall–Kier alpha value is -2.11. The Morgan fingerprint density at radius 2 is 2.17 bits per heavy atom. The highest BCUT2D eigenvalue weighted by atomic mass is 16.4. The number of aliphatic carboxylic acids is 1. The van der Waals surface area contributed by atoms with E-state index >= 15 is 0 Å². The smallest absolute Gasteiger partial charge is 0.335 e. The van der Waals surface area contributed by atoms with Crippen molar-refractivity contribution in [2.24, 2.45) is 5.92 Å². The van der Waals surface area contributed by atoms with E-state index < -0.39 is 17.5 Å². The molecule has 1 aliphatic rings. The molecule has 0 aromatic carbocycles. The highest BCUT2D eigenvalue weighted by Crippen LogP contribution is 2.18. The summed E-state index contributed by atoms with van der Waals surface area (Å²) in [6.45, 7) is 0.731. The van der Waals surface area contributed by atoms with Crippen molar-refractivity contribution in [3.8, 4) is 0 Å². The van der Waals surface area contributed by atoms with Crippen LogP contribution in [0.15, 0.2) is 27.6 Å². The SMILES string of the molecule is O=C(O)[C@H]1CCCN(C(=O)c2ccc(=O)oc2)C1. The van der Waals surface area contributed by atoms with E-state index in [4.69, 9.17) is 5.11 Å². The van der Waals surface area contributed by atoms with E-state index in [0.717, 1.165) is 6.26 Å². The highest BCUT2D eigenvalue weighted by molar-refractivity contribution is 5.94. The molecule has 6 heteroatoms. The summed E-state index contributed by atoms with van der Waals surface area (Å²) in [5.74, 6) is -1.70. The number of hydrogen-bond donors (Lipinski definition) is 1. The van der Waals surface area contributed by atoms with Crippen LogP contribution >= 0.6 is 0 Å². The van der Waals surface area contributed by atoms with Gasteiger partial charge < -0.3 is 14.4 Å². The van der Waals surface area contributed by atoms with Crippen molar-refractivity contribution in [1.82, 2.24) is 4.90 Å². The van der Waals surface area contributed by atoms with Crippen LogP contribution in [0.4, 0.5) is 0 Å². The van der Waals surface area contributed by atoms with Crippen molar-refractivity contribution in [2.45, 2.75) is 12.8 Å². The molecule has 1 amide bonds. The van der Waals surface area contributed by atoms with Gasteiger partial charge in [-0.05, 0) is 18.9 Å². The molecule has 1 aliphatic heterocycles. The van der Waals surface area contributed by atoms with Crippen LogP contribution in [-0.4, -0.2) is 35.0 Å². The maximum absolute atomic E-state index is 12.1. The summed E-state index contributed by atoms with van der Waals surface area (Å²) < 4.78 is 4.63. The number of amides is 1. The predicted octanol–water partition coefficient (Wildman–Crippen LogP) is 0.577. The summed E-state index contributed by atoms with van der Waals surface area (Å²) >= 11 is 0. The molecule has 1 atom stereocenters. The lowest BCUT2D eigenvalue weighted by Crippen LogP contribution is -2.42. The molecule has 18 heavy (non-hydrogen) atoms. The number of carbonyl (C=O) groups is 2. The summed E-state index contributed by atoms with van der Waals surface area (Å²) in [6.07, 6.45) is 2.36. The van der Waals surface area contributed by atoms with Crippen LogP contribution in [0.1, 0.15) is 23.2 Å². The molecule has 0 aliphatic carbocycles. The first-order valence-corrected chi connectivity index (χ1v) is 5.69. The van der Waals surface area contributed by atoms with E-state index in [0.29, 0.717) is 19.4 Å². The number of piperidine rings is 1. The first-order valence-electron chi connectivity index (χ1n) is 5.69. The first-order chi connectivity index (χ1) is 8.58. The Morgan fingerprint density at radius 3 is 2.78 bits per heavy atom. The summed E-state index contributed by atoms with van der Waals surface area (Å²) in [6, 6.07) is 2.56. The van der Waals surface area contributed by atoms with Gasteiger partial charge in [0.1, 0.15) is 6.26 Å². The molecule has 1 fully saturated rings. The molecule has 6 nitrogen and oxygen atoms in total. The van der Waals surface area contributed by atoms with Gasteiger partial charge in [0.2, 0.25) is 0 Å². The Kier molecular flexibility index (Phi) is 3.45. The lowest BCUT2D eigenvalue weighted by Gasteiger charge is -2.30. The van der Waals surface area contributed by atoms with E-state index in [9.17, 15) is 14.4 Å². The zero-order valence-electron chi connectivity index (χ0n) is 9.67. The van der Waals surface area contributed by atoms with Gasteiger partial charge in [-0.25, -0.2) is 4.79 Å². The van der Waals surface area contributed by atoms with Crippen molar-refractivity contribution >= 4 is 11.9 Å². The van der Waals surface area contributed by atoms with E-state index in [1.165, 1.54) is 17.0 Å². The fraction of sp³-hybridized carbons (Fsp3) is 0.417. The number of hydrogen-bond acceptors (Lipinski definition) is 4. The van der Waals surface area contributed by atoms with E-state index in [-0.39, 0.29) is 18.0 Å². The van der Waals surface area contributed by atoms with Gasteiger partial charge in [0.25, 0.3) is 5.91 Å². The minimum atomic E-state index is -0.882. The molecule has 0 saturated carbocycles. The quantitative estimate of drug-likeness (QED) is 0.830. The number of carbonyl (C=O) groups excluding carboxylic acids is 1. The molecule has 1 aromatic rings. The normalized spacial score (nSPS) is 19.6. The van der Waals surface area contributed by atoms with Crippen molar-refractivity contribution in [3.05, 3.63) is 34.4 Å². The molecule has 2 rings (SSSR count). The second-order valence-corrected chi connectivity index (χ2v) is 4.27. The topological polar surface area (TPSA) is 87.8 Å². The summed E-state index contributed by atoms with van der Waals surface area (Å²) in [5, 5.41) is 8.95. The van der Waals surface area contributed by atoms with E-state index in [1.807, 2.05) is 0 Å². The third kappa shape index (κ3) is 2.58. The van der Waals surface area contributed by atoms with Crippen LogP contribution in [0.5, 0.6) is 0 Å². The number of carboxylic acid groups (broad SMARTS) is 1. The third-order valence-electron chi connectivity index (χ3n) is 3.01. The van der Waals surface area contributed by atoms with Gasteiger partial charge >= 0.3 is 11.6 Å². The van der Waals surface area contributed by atoms with Crippen LogP contribution in [0.2, 0.25) is 0 Å². The summed E-state index contributed by atoms with van der Waals surface area (Å²) in [4.78, 5) is 35.2. The van der Waals surface area contributed by atoms with E-state index in [2.05, 4.69) is 4.42 Å². The number of rotatable bonds is 2. The Labute approximate surface area is 103 Å². The Morgan fingerprint density at radius 1 is 1.39 bits per heavy atom. The molecule has 1 N–H and O–H groups in total. The molecule has 0 radical (unpaired) electrons. The lowest BCUT2D eigenvalue weighted by atomic mass is 9.98. The lowest BCUT2D eigenvalue weighted by molar-refractivity contribution is -0.143. The second kappa shape index (κ2) is 5.03. The van der Waals surface area contributed by atoms with Crippen molar-refractivity contribution in [3.63, 3.8) is 0 Å². The van der Waals surface area contributed by atoms with Gasteiger partial charge in [0, 0.05) is 19.2 Å². The number of carboxylic acids is 1. The summed E-state index contributed by atoms with van der Waals surface area (Å²) in [7, 11) is 0. The van der Waals surface area contributed by atoms with Crippen LogP contribution in [0.3, 0.4) is 0 Å². The average molecular weight is 251 g/mol. The molecule has 2 heterocycles. The predicted molar refractivity (Wildman–Crippen MR) is 61.2 cm³/mol. The van der Waals surface area contributed by atoms with Gasteiger partial charge in [-0.3, -0.25) is 9.59 Å². The van der Waals surface area contributed by atoms with Crippen LogP contribution in [0.25, 0.3) is 0 Å². The maximum Gasteiger partial charge on any atom is 0.335 e. The minimum Gasteiger partial charge on any atom is -0.481 e. The zero-order valence-corrected chi connectivity index (χ0v) is 9.67. The fourth-order valence-corrected chi connectivity index (χ4v) is 2.03. The van der Waals surface area contributed by atoms with Gasteiger partial charge in [0.15, 0.2) is 0 Å². The van der Waals surface area contributed by atoms with Gasteiger partial charge in [-0.2, -0.15) is 0 Å². The fourth-order valence-electron chi connectivity index (χ4n) is 2.03. The molecule has 0 spiro atoms. The number of likely N-dealkylation sites (tertiary alicyclic amines) is 1. The number of nitrogens with zero attached hydrogens (tertiary/aromatic N) is 1. The van der Waals surface area contributed by atoms with E-state index in [1.54, 1.807) is 0 Å². The molecule has 1 aromatic heterocycles. The van der Waals surface area contributed by atoms with Crippen LogP contribution in [-0.2, 0) is 4.79 Å². The first kappa shape index (κ1) is 12.3. The molecule has 1 saturated heterocycles. The Balaban J connectivity index is 2.11. The molecular formula is C12H13NO5. The second-order valence-electron chi connectivity index (χ2n) is 4.27. The minimum absolute atomic E-state index is 0.202. The van der Waals surface area contributed by atoms with Gasteiger partial charge in [0.05, 0.1) is 11.5 Å². The van der Waals surface area contributed by atoms with Crippen molar-refractivity contribution < 1.29 is 19.1 Å². The third-order valence-corrected chi connectivity index (χ3v) is 3.01. The Bertz CT molecular complexity index is 501. The van der Waals surface area contributed by atoms with Crippen LogP contribution < -0.4 is 5.63 Å². The van der Waals surface area contributed by atoms with Gasteiger partial charge in [-0.15, -0.1) is 0 Å². The molecule has 0 bridgehead atoms. The molecule has 0 unspecified atom stereocenters. The molecular weight excluding hydrogens is 238 g/mol. The maximum atomic E-state index is 12.1.